The van der Waals surface area contributed by atoms with E-state index in [0.717, 1.165) is 36.2 Å². The van der Waals surface area contributed by atoms with Crippen LogP contribution >= 0.6 is 0 Å². The Balaban J connectivity index is 1.61. The number of fused-ring (bicyclic) bond motifs is 1. The highest BCUT2D eigenvalue weighted by atomic mass is 19.1. The van der Waals surface area contributed by atoms with Gasteiger partial charge in [0.05, 0.1) is 48.5 Å². The molecule has 1 amide bonds. The normalized spacial score (nSPS) is 19.4. The van der Waals surface area contributed by atoms with E-state index in [4.69, 9.17) is 10.5 Å². The lowest BCUT2D eigenvalue weighted by atomic mass is 9.79. The Labute approximate surface area is 181 Å². The predicted molar refractivity (Wildman–Crippen MR) is 112 cm³/mol. The number of hydrogen-bond donors (Lipinski definition) is 0. The van der Waals surface area contributed by atoms with Gasteiger partial charge in [0.25, 0.3) is 0 Å². The van der Waals surface area contributed by atoms with Crippen molar-refractivity contribution in [1.29, 1.82) is 10.5 Å². The second-order valence-corrected chi connectivity index (χ2v) is 8.12. The minimum absolute atomic E-state index is 0.0247. The van der Waals surface area contributed by atoms with E-state index in [0.29, 0.717) is 13.1 Å². The molecule has 2 atom stereocenters. The first-order valence-corrected chi connectivity index (χ1v) is 10.6. The second-order valence-electron chi connectivity index (χ2n) is 8.12. The largest absolute Gasteiger partial charge is 0.340 e. The molecule has 1 aromatic heterocycles. The van der Waals surface area contributed by atoms with Gasteiger partial charge in [0, 0.05) is 31.0 Å². The van der Waals surface area contributed by atoms with Gasteiger partial charge in [0.1, 0.15) is 5.82 Å². The number of carbonyl (C=O) groups excluding carboxylic acids is 1. The Morgan fingerprint density at radius 1 is 1.23 bits per heavy atom. The maximum atomic E-state index is 13.3. The number of allylic oxidation sites excluding steroid dienone is 1. The van der Waals surface area contributed by atoms with Gasteiger partial charge in [-0.2, -0.15) is 15.6 Å². The SMILES string of the molecule is C[C@@H]1C2=C(CC[C@H]2C(=O)N(CCC#N)CCC#N)Cc2c1cnn2-c1ccc(F)cc1. The average Bonchev–Trinajstić information content (AvgIpc) is 3.39. The highest BCUT2D eigenvalue weighted by Crippen LogP contribution is 2.47. The first kappa shape index (κ1) is 20.8. The van der Waals surface area contributed by atoms with E-state index in [1.165, 1.54) is 23.3 Å². The number of carbonyl (C=O) groups is 1. The summed E-state index contributed by atoms with van der Waals surface area (Å²) in [6.07, 6.45) is 4.73. The molecular formula is C24H24FN5O. The number of hydrogen-bond acceptors (Lipinski definition) is 4. The molecule has 7 heteroatoms. The topological polar surface area (TPSA) is 85.7 Å². The third-order valence-corrected chi connectivity index (χ3v) is 6.40. The van der Waals surface area contributed by atoms with Crippen molar-refractivity contribution in [2.24, 2.45) is 5.92 Å². The molecule has 0 aliphatic heterocycles. The summed E-state index contributed by atoms with van der Waals surface area (Å²) in [5.74, 6) is -0.391. The number of halogens is 1. The fraction of sp³-hybridized carbons (Fsp3) is 0.417. The van der Waals surface area contributed by atoms with Crippen LogP contribution in [0.1, 0.15) is 49.8 Å². The summed E-state index contributed by atoms with van der Waals surface area (Å²) in [4.78, 5) is 15.0. The maximum absolute atomic E-state index is 13.3. The fourth-order valence-electron chi connectivity index (χ4n) is 4.94. The Morgan fingerprint density at radius 3 is 2.55 bits per heavy atom. The first-order chi connectivity index (χ1) is 15.0. The molecule has 6 nitrogen and oxygen atoms in total. The Kier molecular flexibility index (Phi) is 5.86. The standard InChI is InChI=1S/C24H24FN5O/c1-16-21-15-28-30(19-7-5-18(25)6-8-19)22(21)14-17-4-9-20(23(16)17)24(31)29(12-2-10-26)13-3-11-27/h5-8,15-16,20H,2-4,9,12-14H2,1H3/t16-,20+/m0/s1. The molecule has 31 heavy (non-hydrogen) atoms. The van der Waals surface area contributed by atoms with Gasteiger partial charge in [0.2, 0.25) is 5.91 Å². The summed E-state index contributed by atoms with van der Waals surface area (Å²) in [6.45, 7) is 2.83. The summed E-state index contributed by atoms with van der Waals surface area (Å²) in [6, 6.07) is 10.5. The van der Waals surface area contributed by atoms with Crippen LogP contribution < -0.4 is 0 Å². The summed E-state index contributed by atoms with van der Waals surface area (Å²) in [7, 11) is 0. The lowest BCUT2D eigenvalue weighted by Gasteiger charge is -2.30. The third kappa shape index (κ3) is 3.84. The molecular weight excluding hydrogens is 393 g/mol. The van der Waals surface area contributed by atoms with Crippen LogP contribution in [0.3, 0.4) is 0 Å². The molecule has 158 valence electrons. The number of aromatic nitrogens is 2. The highest BCUT2D eigenvalue weighted by Gasteiger charge is 2.40. The van der Waals surface area contributed by atoms with E-state index in [-0.39, 0.29) is 36.4 Å². The van der Waals surface area contributed by atoms with Crippen LogP contribution in [-0.4, -0.2) is 33.7 Å². The molecule has 2 aromatic rings. The van der Waals surface area contributed by atoms with Gasteiger partial charge in [-0.3, -0.25) is 4.79 Å². The summed E-state index contributed by atoms with van der Waals surface area (Å²) in [5, 5.41) is 22.5. The summed E-state index contributed by atoms with van der Waals surface area (Å²) >= 11 is 0. The van der Waals surface area contributed by atoms with Crippen molar-refractivity contribution in [3.63, 3.8) is 0 Å². The van der Waals surface area contributed by atoms with Crippen molar-refractivity contribution >= 4 is 5.91 Å². The molecule has 0 saturated carbocycles. The molecule has 0 unspecified atom stereocenters. The van der Waals surface area contributed by atoms with Gasteiger partial charge in [-0.05, 0) is 37.1 Å². The summed E-state index contributed by atoms with van der Waals surface area (Å²) in [5.41, 5.74) is 5.47. The lowest BCUT2D eigenvalue weighted by molar-refractivity contribution is -0.134. The lowest BCUT2D eigenvalue weighted by Crippen LogP contribution is -2.38. The first-order valence-electron chi connectivity index (χ1n) is 10.6. The van der Waals surface area contributed by atoms with E-state index in [2.05, 4.69) is 24.2 Å². The Bertz CT molecular complexity index is 1080. The minimum atomic E-state index is -0.280. The van der Waals surface area contributed by atoms with Crippen LogP contribution in [0.25, 0.3) is 5.69 Å². The molecule has 1 heterocycles. The van der Waals surface area contributed by atoms with Gasteiger partial charge in [-0.25, -0.2) is 9.07 Å². The van der Waals surface area contributed by atoms with Crippen LogP contribution in [0.15, 0.2) is 41.6 Å². The van der Waals surface area contributed by atoms with Crippen molar-refractivity contribution in [2.45, 2.75) is 44.9 Å². The van der Waals surface area contributed by atoms with E-state index in [9.17, 15) is 9.18 Å². The molecule has 0 spiro atoms. The van der Waals surface area contributed by atoms with E-state index in [1.54, 1.807) is 17.0 Å². The average molecular weight is 417 g/mol. The highest BCUT2D eigenvalue weighted by molar-refractivity contribution is 5.83. The van der Waals surface area contributed by atoms with Crippen LogP contribution in [0, 0.1) is 34.4 Å². The molecule has 4 rings (SSSR count). The Hall–Kier alpha value is -3.45. The number of amides is 1. The Morgan fingerprint density at radius 2 is 1.90 bits per heavy atom. The van der Waals surface area contributed by atoms with Crippen molar-refractivity contribution in [3.05, 3.63) is 58.7 Å². The van der Waals surface area contributed by atoms with Crippen LogP contribution in [0.2, 0.25) is 0 Å². The predicted octanol–water partition coefficient (Wildman–Crippen LogP) is 4.03. The van der Waals surface area contributed by atoms with Gasteiger partial charge in [-0.15, -0.1) is 0 Å². The van der Waals surface area contributed by atoms with Gasteiger partial charge in [-0.1, -0.05) is 18.1 Å². The monoisotopic (exact) mass is 417 g/mol. The van der Waals surface area contributed by atoms with Crippen molar-refractivity contribution in [1.82, 2.24) is 14.7 Å². The quantitative estimate of drug-likeness (QED) is 0.664. The molecule has 0 saturated heterocycles. The zero-order valence-electron chi connectivity index (χ0n) is 17.5. The molecule has 0 radical (unpaired) electrons. The van der Waals surface area contributed by atoms with Crippen LogP contribution in [0.4, 0.5) is 4.39 Å². The molecule has 0 bridgehead atoms. The molecule has 2 aliphatic carbocycles. The van der Waals surface area contributed by atoms with E-state index < -0.39 is 0 Å². The van der Waals surface area contributed by atoms with Crippen LogP contribution in [-0.2, 0) is 11.2 Å². The minimum Gasteiger partial charge on any atom is -0.340 e. The zero-order valence-corrected chi connectivity index (χ0v) is 17.5. The van der Waals surface area contributed by atoms with Gasteiger partial charge >= 0.3 is 0 Å². The molecule has 0 fully saturated rings. The number of nitrogens with zero attached hydrogens (tertiary/aromatic N) is 5. The van der Waals surface area contributed by atoms with E-state index in [1.807, 2.05) is 10.9 Å². The maximum Gasteiger partial charge on any atom is 0.229 e. The smallest absolute Gasteiger partial charge is 0.229 e. The zero-order chi connectivity index (χ0) is 22.0. The van der Waals surface area contributed by atoms with Gasteiger partial charge < -0.3 is 4.90 Å². The molecule has 0 N–H and O–H groups in total. The second kappa shape index (κ2) is 8.73. The molecule has 1 aromatic carbocycles. The fourth-order valence-corrected chi connectivity index (χ4v) is 4.94. The molecule has 2 aliphatic rings. The van der Waals surface area contributed by atoms with Crippen molar-refractivity contribution in [3.8, 4) is 17.8 Å². The number of nitriles is 2. The van der Waals surface area contributed by atoms with Crippen molar-refractivity contribution < 1.29 is 9.18 Å². The number of benzene rings is 1. The van der Waals surface area contributed by atoms with Gasteiger partial charge in [0.15, 0.2) is 0 Å². The number of rotatable bonds is 6. The van der Waals surface area contributed by atoms with E-state index >= 15 is 0 Å². The summed E-state index contributed by atoms with van der Waals surface area (Å²) < 4.78 is 15.2. The van der Waals surface area contributed by atoms with Crippen molar-refractivity contribution in [2.75, 3.05) is 13.1 Å². The van der Waals surface area contributed by atoms with Crippen LogP contribution in [0.5, 0.6) is 0 Å². The third-order valence-electron chi connectivity index (χ3n) is 6.40.